The van der Waals surface area contributed by atoms with Gasteiger partial charge in [-0.05, 0) is 37.1 Å². The Morgan fingerprint density at radius 1 is 0.774 bits per heavy atom. The molecule has 2 rings (SSSR count). The molecule has 0 spiro atoms. The Labute approximate surface area is 181 Å². The molecule has 0 fully saturated rings. The van der Waals surface area contributed by atoms with E-state index < -0.39 is 11.9 Å². The first-order chi connectivity index (χ1) is 14.7. The molecular formula is C24H26O7. The van der Waals surface area contributed by atoms with Gasteiger partial charge in [-0.1, -0.05) is 24.3 Å². The highest BCUT2D eigenvalue weighted by molar-refractivity contribution is 5.75. The maximum atomic E-state index is 11.3. The first kappa shape index (κ1) is 23.5. The summed E-state index contributed by atoms with van der Waals surface area (Å²) in [6.07, 6.45) is 2.65. The van der Waals surface area contributed by atoms with Gasteiger partial charge in [0.25, 0.3) is 0 Å². The molecule has 7 heteroatoms. The van der Waals surface area contributed by atoms with Crippen molar-refractivity contribution in [3.05, 3.63) is 71.2 Å². The van der Waals surface area contributed by atoms with E-state index in [1.54, 1.807) is 24.3 Å². The lowest BCUT2D eigenvalue weighted by Gasteiger charge is -2.12. The number of carbonyl (C=O) groups is 2. The van der Waals surface area contributed by atoms with Gasteiger partial charge in [-0.25, -0.2) is 0 Å². The van der Waals surface area contributed by atoms with Crippen molar-refractivity contribution in [3.63, 3.8) is 0 Å². The molecule has 31 heavy (non-hydrogen) atoms. The number of phenols is 2. The van der Waals surface area contributed by atoms with Gasteiger partial charge in [0.1, 0.15) is 24.7 Å². The van der Waals surface area contributed by atoms with E-state index in [9.17, 15) is 19.8 Å². The van der Waals surface area contributed by atoms with Crippen LogP contribution in [0, 0.1) is 13.8 Å². The fraction of sp³-hybridized carbons (Fsp3) is 0.250. The Kier molecular flexibility index (Phi) is 8.25. The van der Waals surface area contributed by atoms with Gasteiger partial charge in [-0.3, -0.25) is 9.59 Å². The highest BCUT2D eigenvalue weighted by atomic mass is 16.5. The van der Waals surface area contributed by atoms with Gasteiger partial charge in [0, 0.05) is 36.1 Å². The second-order valence-corrected chi connectivity index (χ2v) is 7.02. The summed E-state index contributed by atoms with van der Waals surface area (Å²) in [5.74, 6) is -0.925. The van der Waals surface area contributed by atoms with Crippen LogP contribution in [0.3, 0.4) is 0 Å². The van der Waals surface area contributed by atoms with Crippen molar-refractivity contribution in [2.24, 2.45) is 0 Å². The molecule has 2 N–H and O–H groups in total. The molecule has 0 bridgehead atoms. The number of rotatable bonds is 8. The van der Waals surface area contributed by atoms with Crippen LogP contribution in [0.5, 0.6) is 11.5 Å². The Hall–Kier alpha value is -3.74. The third-order valence-electron chi connectivity index (χ3n) is 4.28. The van der Waals surface area contributed by atoms with Crippen LogP contribution in [0.15, 0.2) is 48.9 Å². The van der Waals surface area contributed by atoms with E-state index in [1.807, 2.05) is 26.0 Å². The van der Waals surface area contributed by atoms with Crippen molar-refractivity contribution in [2.75, 3.05) is 13.2 Å². The molecule has 7 nitrogen and oxygen atoms in total. The highest BCUT2D eigenvalue weighted by Gasteiger charge is 2.12. The lowest BCUT2D eigenvalue weighted by Crippen LogP contribution is -2.04. The summed E-state index contributed by atoms with van der Waals surface area (Å²) in [5, 5.41) is 20.6. The van der Waals surface area contributed by atoms with E-state index in [1.165, 1.54) is 26.4 Å². The van der Waals surface area contributed by atoms with Gasteiger partial charge in [-0.15, -0.1) is 0 Å². The Morgan fingerprint density at radius 2 is 1.16 bits per heavy atom. The number of aryl methyl sites for hydroxylation is 2. The van der Waals surface area contributed by atoms with Gasteiger partial charge in [0.05, 0.1) is 12.5 Å². The number of phenolic OH excluding ortho intramolecular Hbond substituents is 2. The van der Waals surface area contributed by atoms with Gasteiger partial charge in [-0.2, -0.15) is 0 Å². The maximum absolute atomic E-state index is 11.3. The third-order valence-corrected chi connectivity index (χ3v) is 4.28. The first-order valence-electron chi connectivity index (χ1n) is 9.57. The van der Waals surface area contributed by atoms with Crippen molar-refractivity contribution < 1.29 is 34.0 Å². The predicted molar refractivity (Wildman–Crippen MR) is 116 cm³/mol. The third kappa shape index (κ3) is 7.22. The van der Waals surface area contributed by atoms with Crippen LogP contribution in [0.2, 0.25) is 0 Å². The summed E-state index contributed by atoms with van der Waals surface area (Å²) in [4.78, 5) is 22.5. The molecule has 0 amide bonds. The zero-order valence-corrected chi connectivity index (χ0v) is 18.0. The molecule has 0 aliphatic carbocycles. The number of aromatic hydroxyl groups is 2. The fourth-order valence-electron chi connectivity index (χ4n) is 2.73. The van der Waals surface area contributed by atoms with Crippen molar-refractivity contribution in [1.82, 2.24) is 0 Å². The Balaban J connectivity index is 2.37. The van der Waals surface area contributed by atoms with E-state index in [2.05, 4.69) is 0 Å². The standard InChI is InChI=1S/C24H26O7/c1-15-5-7-21(23(27)9-15)19(13-30-17(3)25)11-29-12-20(14-31-18(4)26)22-8-6-16(2)10-24(22)28/h5-12,27-28H,13-14H2,1-4H3. The largest absolute Gasteiger partial charge is 0.507 e. The van der Waals surface area contributed by atoms with Gasteiger partial charge in [0.15, 0.2) is 0 Å². The SMILES string of the molecule is CC(=O)OCC(=COC=C(COC(C)=O)c1ccc(C)cc1O)c1ccc(C)cc1O. The molecule has 0 aromatic heterocycles. The summed E-state index contributed by atoms with van der Waals surface area (Å²) in [6, 6.07) is 10.2. The van der Waals surface area contributed by atoms with Gasteiger partial charge in [0.2, 0.25) is 0 Å². The fourth-order valence-corrected chi connectivity index (χ4v) is 2.73. The Morgan fingerprint density at radius 3 is 1.48 bits per heavy atom. The molecule has 0 atom stereocenters. The first-order valence-corrected chi connectivity index (χ1v) is 9.57. The van der Waals surface area contributed by atoms with E-state index >= 15 is 0 Å². The van der Waals surface area contributed by atoms with Crippen molar-refractivity contribution in [2.45, 2.75) is 27.7 Å². The minimum absolute atomic E-state index is 0.0160. The van der Waals surface area contributed by atoms with E-state index in [4.69, 9.17) is 14.2 Å². The lowest BCUT2D eigenvalue weighted by atomic mass is 10.0. The smallest absolute Gasteiger partial charge is 0.302 e. The molecule has 0 aliphatic heterocycles. The molecule has 164 valence electrons. The van der Waals surface area contributed by atoms with Gasteiger partial charge >= 0.3 is 11.9 Å². The monoisotopic (exact) mass is 426 g/mol. The molecular weight excluding hydrogens is 400 g/mol. The summed E-state index contributed by atoms with van der Waals surface area (Å²) in [6.45, 7) is 6.01. The predicted octanol–water partition coefficient (Wildman–Crippen LogP) is 4.24. The molecule has 0 saturated carbocycles. The minimum atomic E-state index is -0.479. The van der Waals surface area contributed by atoms with E-state index in [-0.39, 0.29) is 24.7 Å². The van der Waals surface area contributed by atoms with Crippen LogP contribution in [0.4, 0.5) is 0 Å². The number of esters is 2. The summed E-state index contributed by atoms with van der Waals surface area (Å²) < 4.78 is 15.7. The highest BCUT2D eigenvalue weighted by Crippen LogP contribution is 2.29. The molecule has 0 aliphatic rings. The number of hydrogen-bond acceptors (Lipinski definition) is 7. The average molecular weight is 426 g/mol. The van der Waals surface area contributed by atoms with Gasteiger partial charge < -0.3 is 24.4 Å². The zero-order chi connectivity index (χ0) is 23.0. The summed E-state index contributed by atoms with van der Waals surface area (Å²) in [5.41, 5.74) is 3.47. The number of ether oxygens (including phenoxy) is 3. The molecule has 2 aromatic carbocycles. The lowest BCUT2D eigenvalue weighted by molar-refractivity contribution is -0.140. The normalized spacial score (nSPS) is 11.7. The quantitative estimate of drug-likeness (QED) is 0.481. The average Bonchev–Trinajstić information content (AvgIpc) is 2.67. The van der Waals surface area contributed by atoms with Crippen LogP contribution in [0.1, 0.15) is 36.1 Å². The summed E-state index contributed by atoms with van der Waals surface area (Å²) >= 11 is 0. The Bertz CT molecular complexity index is 937. The van der Waals surface area contributed by atoms with E-state index in [0.717, 1.165) is 11.1 Å². The topological polar surface area (TPSA) is 102 Å². The molecule has 0 saturated heterocycles. The number of carbonyl (C=O) groups excluding carboxylic acids is 2. The molecule has 2 aromatic rings. The number of benzene rings is 2. The van der Waals surface area contributed by atoms with Crippen LogP contribution in [0.25, 0.3) is 11.1 Å². The summed E-state index contributed by atoms with van der Waals surface area (Å²) in [7, 11) is 0. The maximum Gasteiger partial charge on any atom is 0.302 e. The van der Waals surface area contributed by atoms with E-state index in [0.29, 0.717) is 22.3 Å². The molecule has 0 heterocycles. The molecule has 0 unspecified atom stereocenters. The second-order valence-electron chi connectivity index (χ2n) is 7.02. The van der Waals surface area contributed by atoms with Crippen LogP contribution < -0.4 is 0 Å². The minimum Gasteiger partial charge on any atom is -0.507 e. The van der Waals surface area contributed by atoms with Crippen LogP contribution in [-0.4, -0.2) is 35.4 Å². The van der Waals surface area contributed by atoms with Crippen molar-refractivity contribution in [3.8, 4) is 11.5 Å². The number of hydrogen-bond donors (Lipinski definition) is 2. The second kappa shape index (κ2) is 10.9. The zero-order valence-electron chi connectivity index (χ0n) is 18.0. The van der Waals surface area contributed by atoms with Crippen molar-refractivity contribution >= 4 is 23.1 Å². The molecule has 0 radical (unpaired) electrons. The van der Waals surface area contributed by atoms with Crippen molar-refractivity contribution in [1.29, 1.82) is 0 Å². The van der Waals surface area contributed by atoms with Crippen LogP contribution >= 0.6 is 0 Å². The van der Waals surface area contributed by atoms with Crippen LogP contribution in [-0.2, 0) is 23.8 Å².